The highest BCUT2D eigenvalue weighted by Gasteiger charge is 1.92. The summed E-state index contributed by atoms with van der Waals surface area (Å²) in [6.07, 6.45) is 0. The summed E-state index contributed by atoms with van der Waals surface area (Å²) in [7, 11) is 0. The summed E-state index contributed by atoms with van der Waals surface area (Å²) in [5.41, 5.74) is 0. The van der Waals surface area contributed by atoms with Crippen molar-refractivity contribution in [1.82, 2.24) is 11.5 Å². The second-order valence-electron chi connectivity index (χ2n) is 1.36. The third-order valence-corrected chi connectivity index (χ3v) is 0.846. The average Bonchev–Trinajstić information content (AvgIpc) is 1.72. The molecule has 0 amide bonds. The standard InChI is InChI=1S/C4H9NO.BrH.H3N/c1-3-6-4-2-5-1;;/h5H,1-4H2;1H;1H3. The summed E-state index contributed by atoms with van der Waals surface area (Å²) in [5.74, 6) is 0. The molecule has 0 atom stereocenters. The molecule has 0 saturated carbocycles. The Morgan fingerprint density at radius 1 is 1.12 bits per heavy atom. The zero-order valence-electron chi connectivity index (χ0n) is 4.85. The van der Waals surface area contributed by atoms with Gasteiger partial charge >= 0.3 is 0 Å². The van der Waals surface area contributed by atoms with Crippen molar-refractivity contribution in [3.05, 3.63) is 0 Å². The van der Waals surface area contributed by atoms with Crippen molar-refractivity contribution in [2.45, 2.75) is 0 Å². The van der Waals surface area contributed by atoms with Crippen LogP contribution in [-0.4, -0.2) is 26.3 Å². The normalized spacial score (nSPS) is 18.0. The molecule has 0 aromatic heterocycles. The molecule has 0 radical (unpaired) electrons. The topological polar surface area (TPSA) is 56.3 Å². The van der Waals surface area contributed by atoms with Gasteiger partial charge in [-0.25, -0.2) is 0 Å². The number of hydrogen-bond acceptors (Lipinski definition) is 3. The molecule has 0 bridgehead atoms. The van der Waals surface area contributed by atoms with Crippen LogP contribution in [0.2, 0.25) is 0 Å². The molecule has 4 N–H and O–H groups in total. The lowest BCUT2D eigenvalue weighted by molar-refractivity contribution is 0.109. The molecule has 0 unspecified atom stereocenters. The molecular formula is C4H13BrN2O. The minimum atomic E-state index is 0. The van der Waals surface area contributed by atoms with Gasteiger partial charge in [-0.1, -0.05) is 0 Å². The maximum absolute atomic E-state index is 5.01. The number of rotatable bonds is 0. The van der Waals surface area contributed by atoms with Crippen LogP contribution < -0.4 is 11.5 Å². The first-order valence-electron chi connectivity index (χ1n) is 2.28. The average molecular weight is 185 g/mol. The lowest BCUT2D eigenvalue weighted by Crippen LogP contribution is -2.30. The highest BCUT2D eigenvalue weighted by atomic mass is 79.9. The third-order valence-electron chi connectivity index (χ3n) is 0.846. The molecule has 8 heavy (non-hydrogen) atoms. The predicted molar refractivity (Wildman–Crippen MR) is 39.0 cm³/mol. The van der Waals surface area contributed by atoms with Crippen LogP contribution in [0.1, 0.15) is 0 Å². The van der Waals surface area contributed by atoms with Crippen LogP contribution in [0.3, 0.4) is 0 Å². The van der Waals surface area contributed by atoms with Gasteiger partial charge < -0.3 is 16.2 Å². The van der Waals surface area contributed by atoms with Crippen LogP contribution in [-0.2, 0) is 4.74 Å². The van der Waals surface area contributed by atoms with Gasteiger partial charge in [-0.3, -0.25) is 0 Å². The van der Waals surface area contributed by atoms with Gasteiger partial charge in [0, 0.05) is 13.1 Å². The SMILES string of the molecule is Br.C1COCCN1.N. The second-order valence-corrected chi connectivity index (χ2v) is 1.36. The van der Waals surface area contributed by atoms with Crippen LogP contribution >= 0.6 is 17.0 Å². The van der Waals surface area contributed by atoms with Gasteiger partial charge in [-0.2, -0.15) is 0 Å². The molecule has 0 aliphatic carbocycles. The summed E-state index contributed by atoms with van der Waals surface area (Å²) >= 11 is 0. The van der Waals surface area contributed by atoms with E-state index >= 15 is 0 Å². The molecule has 52 valence electrons. The van der Waals surface area contributed by atoms with Crippen LogP contribution in [0.4, 0.5) is 0 Å². The van der Waals surface area contributed by atoms with Gasteiger partial charge in [-0.15, -0.1) is 17.0 Å². The van der Waals surface area contributed by atoms with Crippen LogP contribution in [0.25, 0.3) is 0 Å². The Bertz CT molecular complexity index is 29.5. The summed E-state index contributed by atoms with van der Waals surface area (Å²) < 4.78 is 5.01. The molecular weight excluding hydrogens is 172 g/mol. The molecule has 1 aliphatic heterocycles. The van der Waals surface area contributed by atoms with E-state index in [1.165, 1.54) is 0 Å². The monoisotopic (exact) mass is 184 g/mol. The Labute approximate surface area is 60.1 Å². The molecule has 3 nitrogen and oxygen atoms in total. The first kappa shape index (κ1) is 11.2. The molecule has 1 rings (SSSR count). The highest BCUT2D eigenvalue weighted by molar-refractivity contribution is 8.93. The van der Waals surface area contributed by atoms with Crippen LogP contribution in [0.15, 0.2) is 0 Å². The van der Waals surface area contributed by atoms with Crippen molar-refractivity contribution in [1.29, 1.82) is 0 Å². The molecule has 1 aliphatic rings. The minimum absolute atomic E-state index is 0. The van der Waals surface area contributed by atoms with Crippen molar-refractivity contribution < 1.29 is 4.74 Å². The fourth-order valence-electron chi connectivity index (χ4n) is 0.516. The maximum Gasteiger partial charge on any atom is 0.0591 e. The molecule has 4 heteroatoms. The van der Waals surface area contributed by atoms with Gasteiger partial charge in [0.15, 0.2) is 0 Å². The van der Waals surface area contributed by atoms with E-state index in [4.69, 9.17) is 4.74 Å². The number of nitrogens with one attached hydrogen (secondary N) is 1. The van der Waals surface area contributed by atoms with Gasteiger partial charge in [-0.05, 0) is 0 Å². The third kappa shape index (κ3) is 4.52. The predicted octanol–water partition coefficient (Wildman–Crippen LogP) is 0.346. The zero-order valence-corrected chi connectivity index (χ0v) is 6.57. The van der Waals surface area contributed by atoms with Crippen molar-refractivity contribution >= 4 is 17.0 Å². The van der Waals surface area contributed by atoms with Crippen molar-refractivity contribution in [3.63, 3.8) is 0 Å². The Kier molecular flexibility index (Phi) is 10.3. The summed E-state index contributed by atoms with van der Waals surface area (Å²) in [5, 5.41) is 3.16. The smallest absolute Gasteiger partial charge is 0.0591 e. The van der Waals surface area contributed by atoms with Crippen molar-refractivity contribution in [2.24, 2.45) is 0 Å². The number of hydrogen-bond donors (Lipinski definition) is 2. The van der Waals surface area contributed by atoms with E-state index in [0.717, 1.165) is 26.3 Å². The van der Waals surface area contributed by atoms with Crippen molar-refractivity contribution in [3.8, 4) is 0 Å². The van der Waals surface area contributed by atoms with Gasteiger partial charge in [0.05, 0.1) is 13.2 Å². The fourth-order valence-corrected chi connectivity index (χ4v) is 0.516. The fraction of sp³-hybridized carbons (Fsp3) is 1.00. The van der Waals surface area contributed by atoms with E-state index in [2.05, 4.69) is 5.32 Å². The van der Waals surface area contributed by atoms with E-state index in [0.29, 0.717) is 0 Å². The number of halogens is 1. The molecule has 0 spiro atoms. The van der Waals surface area contributed by atoms with Gasteiger partial charge in [0.2, 0.25) is 0 Å². The quantitative estimate of drug-likeness (QED) is 0.572. The molecule has 1 saturated heterocycles. The molecule has 1 fully saturated rings. The number of morpholine rings is 1. The van der Waals surface area contributed by atoms with Crippen molar-refractivity contribution in [2.75, 3.05) is 26.3 Å². The molecule has 1 heterocycles. The number of ether oxygens (including phenoxy) is 1. The zero-order chi connectivity index (χ0) is 4.24. The lowest BCUT2D eigenvalue weighted by Gasteiger charge is -2.10. The van der Waals surface area contributed by atoms with Crippen LogP contribution in [0, 0.1) is 0 Å². The summed E-state index contributed by atoms with van der Waals surface area (Å²) in [4.78, 5) is 0. The maximum atomic E-state index is 5.01. The van der Waals surface area contributed by atoms with Gasteiger partial charge in [0.1, 0.15) is 0 Å². The Balaban J connectivity index is 0. The van der Waals surface area contributed by atoms with Gasteiger partial charge in [0.25, 0.3) is 0 Å². The lowest BCUT2D eigenvalue weighted by atomic mass is 10.5. The summed E-state index contributed by atoms with van der Waals surface area (Å²) in [6, 6.07) is 0. The van der Waals surface area contributed by atoms with E-state index in [-0.39, 0.29) is 23.1 Å². The van der Waals surface area contributed by atoms with Crippen LogP contribution in [0.5, 0.6) is 0 Å². The molecule has 0 aromatic carbocycles. The van der Waals surface area contributed by atoms with E-state index in [1.54, 1.807) is 0 Å². The Morgan fingerprint density at radius 2 is 1.62 bits per heavy atom. The Hall–Kier alpha value is 0.360. The van der Waals surface area contributed by atoms with E-state index in [1.807, 2.05) is 0 Å². The first-order valence-corrected chi connectivity index (χ1v) is 2.28. The largest absolute Gasteiger partial charge is 0.379 e. The molecule has 0 aromatic rings. The minimum Gasteiger partial charge on any atom is -0.379 e. The highest BCUT2D eigenvalue weighted by Crippen LogP contribution is 1.76. The van der Waals surface area contributed by atoms with E-state index < -0.39 is 0 Å². The Morgan fingerprint density at radius 3 is 1.75 bits per heavy atom. The first-order chi connectivity index (χ1) is 3.00. The van der Waals surface area contributed by atoms with E-state index in [9.17, 15) is 0 Å². The summed E-state index contributed by atoms with van der Waals surface area (Å²) in [6.45, 7) is 3.83. The second kappa shape index (κ2) is 7.36.